The van der Waals surface area contributed by atoms with Crippen molar-refractivity contribution in [2.45, 2.75) is 38.8 Å². The molecule has 1 aliphatic rings. The predicted octanol–water partition coefficient (Wildman–Crippen LogP) is 3.19. The van der Waals surface area contributed by atoms with Crippen molar-refractivity contribution >= 4 is 11.7 Å². The van der Waals surface area contributed by atoms with E-state index < -0.39 is 0 Å². The number of oxime groups is 1. The number of carbonyl (C=O) groups is 1. The molecule has 1 heterocycles. The molecule has 1 aromatic carbocycles. The Hall–Kier alpha value is -2.70. The van der Waals surface area contributed by atoms with Gasteiger partial charge in [0, 0.05) is 24.1 Å². The standard InChI is InChI=1S/C20H29N3O4/c1-7-10-23(19(24)21-20(2,3)4)13-15-12-16(22-27-15)14-8-9-17(25-5)18(11-14)26-6/h7-9,11,15H,1,10,12-13H2,2-6H3,(H,21,24)/t15-/m0/s1. The highest BCUT2D eigenvalue weighted by molar-refractivity contribution is 6.01. The van der Waals surface area contributed by atoms with Crippen LogP contribution in [0.2, 0.25) is 0 Å². The highest BCUT2D eigenvalue weighted by Gasteiger charge is 2.28. The van der Waals surface area contributed by atoms with Gasteiger partial charge >= 0.3 is 6.03 Å². The molecule has 1 aliphatic heterocycles. The van der Waals surface area contributed by atoms with E-state index in [2.05, 4.69) is 17.1 Å². The maximum Gasteiger partial charge on any atom is 0.318 e. The van der Waals surface area contributed by atoms with Crippen LogP contribution in [0.4, 0.5) is 4.79 Å². The lowest BCUT2D eigenvalue weighted by Gasteiger charge is -2.28. The quantitative estimate of drug-likeness (QED) is 0.743. The number of hydrogen-bond donors (Lipinski definition) is 1. The van der Waals surface area contributed by atoms with Gasteiger partial charge in [-0.15, -0.1) is 6.58 Å². The zero-order chi connectivity index (χ0) is 20.0. The first kappa shape index (κ1) is 20.6. The Morgan fingerprint density at radius 3 is 2.67 bits per heavy atom. The Bertz CT molecular complexity index is 710. The summed E-state index contributed by atoms with van der Waals surface area (Å²) in [6.07, 6.45) is 2.10. The van der Waals surface area contributed by atoms with Crippen LogP contribution in [0, 0.1) is 0 Å². The molecule has 1 aromatic rings. The molecule has 0 radical (unpaired) electrons. The van der Waals surface area contributed by atoms with Gasteiger partial charge in [0.1, 0.15) is 0 Å². The molecular formula is C20H29N3O4. The number of rotatable bonds is 7. The minimum absolute atomic E-state index is 0.148. The molecule has 0 aromatic heterocycles. The van der Waals surface area contributed by atoms with Crippen molar-refractivity contribution in [2.24, 2.45) is 5.16 Å². The van der Waals surface area contributed by atoms with Gasteiger partial charge in [-0.05, 0) is 39.0 Å². The smallest absolute Gasteiger partial charge is 0.318 e. The van der Waals surface area contributed by atoms with E-state index in [0.29, 0.717) is 31.0 Å². The molecule has 1 N–H and O–H groups in total. The molecule has 1 atom stereocenters. The van der Waals surface area contributed by atoms with Crippen LogP contribution < -0.4 is 14.8 Å². The lowest BCUT2D eigenvalue weighted by atomic mass is 10.0. The molecule has 0 saturated carbocycles. The molecule has 2 rings (SSSR count). The second-order valence-corrected chi connectivity index (χ2v) is 7.41. The van der Waals surface area contributed by atoms with Crippen LogP contribution in [0.3, 0.4) is 0 Å². The lowest BCUT2D eigenvalue weighted by molar-refractivity contribution is 0.0621. The SMILES string of the molecule is C=CCN(C[C@@H]1CC(c2ccc(OC)c(OC)c2)=NO1)C(=O)NC(C)(C)C. The van der Waals surface area contributed by atoms with Gasteiger partial charge in [-0.1, -0.05) is 11.2 Å². The largest absolute Gasteiger partial charge is 0.493 e. The van der Waals surface area contributed by atoms with E-state index in [0.717, 1.165) is 11.3 Å². The molecule has 2 amide bonds. The van der Waals surface area contributed by atoms with Crippen molar-refractivity contribution in [1.82, 2.24) is 10.2 Å². The summed E-state index contributed by atoms with van der Waals surface area (Å²) < 4.78 is 10.6. The van der Waals surface area contributed by atoms with Crippen molar-refractivity contribution < 1.29 is 19.1 Å². The van der Waals surface area contributed by atoms with Crippen molar-refractivity contribution in [3.8, 4) is 11.5 Å². The molecule has 0 spiro atoms. The summed E-state index contributed by atoms with van der Waals surface area (Å²) in [7, 11) is 3.19. The Kier molecular flexibility index (Phi) is 6.71. The van der Waals surface area contributed by atoms with Crippen LogP contribution in [-0.4, -0.2) is 55.6 Å². The molecule has 0 bridgehead atoms. The number of benzene rings is 1. The topological polar surface area (TPSA) is 72.4 Å². The molecule has 0 aliphatic carbocycles. The minimum Gasteiger partial charge on any atom is -0.493 e. The van der Waals surface area contributed by atoms with Gasteiger partial charge in [0.15, 0.2) is 17.6 Å². The summed E-state index contributed by atoms with van der Waals surface area (Å²) in [4.78, 5) is 19.7. The number of amides is 2. The molecule has 0 fully saturated rings. The zero-order valence-corrected chi connectivity index (χ0v) is 16.7. The van der Waals surface area contributed by atoms with Gasteiger partial charge in [0.05, 0.1) is 26.5 Å². The Labute approximate surface area is 161 Å². The van der Waals surface area contributed by atoms with E-state index in [-0.39, 0.29) is 17.7 Å². The third-order valence-corrected chi connectivity index (χ3v) is 3.99. The van der Waals surface area contributed by atoms with Gasteiger partial charge < -0.3 is 24.5 Å². The fourth-order valence-corrected chi connectivity index (χ4v) is 2.75. The van der Waals surface area contributed by atoms with E-state index in [4.69, 9.17) is 14.3 Å². The van der Waals surface area contributed by atoms with Crippen LogP contribution in [0.1, 0.15) is 32.8 Å². The third kappa shape index (κ3) is 5.64. The Morgan fingerprint density at radius 2 is 2.07 bits per heavy atom. The summed E-state index contributed by atoms with van der Waals surface area (Å²) >= 11 is 0. The van der Waals surface area contributed by atoms with Gasteiger partial charge in [-0.2, -0.15) is 0 Å². The molecule has 148 valence electrons. The highest BCUT2D eigenvalue weighted by Crippen LogP contribution is 2.29. The van der Waals surface area contributed by atoms with Crippen molar-refractivity contribution in [1.29, 1.82) is 0 Å². The van der Waals surface area contributed by atoms with E-state index in [1.807, 2.05) is 39.0 Å². The number of carbonyl (C=O) groups excluding carboxylic acids is 1. The maximum atomic E-state index is 12.5. The van der Waals surface area contributed by atoms with Gasteiger partial charge in [-0.25, -0.2) is 4.79 Å². The summed E-state index contributed by atoms with van der Waals surface area (Å²) in [5, 5.41) is 7.17. The maximum absolute atomic E-state index is 12.5. The fraction of sp³-hybridized carbons (Fsp3) is 0.500. The first-order valence-corrected chi connectivity index (χ1v) is 8.90. The van der Waals surface area contributed by atoms with Gasteiger partial charge in [-0.3, -0.25) is 0 Å². The lowest BCUT2D eigenvalue weighted by Crippen LogP contribution is -2.50. The fourth-order valence-electron chi connectivity index (χ4n) is 2.75. The summed E-state index contributed by atoms with van der Waals surface area (Å²) in [6, 6.07) is 5.48. The molecule has 27 heavy (non-hydrogen) atoms. The number of urea groups is 1. The summed E-state index contributed by atoms with van der Waals surface area (Å²) in [5.41, 5.74) is 1.41. The van der Waals surface area contributed by atoms with E-state index in [1.54, 1.807) is 25.2 Å². The summed E-state index contributed by atoms with van der Waals surface area (Å²) in [6.45, 7) is 10.4. The second kappa shape index (κ2) is 8.79. The summed E-state index contributed by atoms with van der Waals surface area (Å²) in [5.74, 6) is 1.30. The highest BCUT2D eigenvalue weighted by atomic mass is 16.6. The van der Waals surface area contributed by atoms with Crippen LogP contribution >= 0.6 is 0 Å². The van der Waals surface area contributed by atoms with Gasteiger partial charge in [0.25, 0.3) is 0 Å². The minimum atomic E-state index is -0.311. The Balaban J connectivity index is 2.03. The van der Waals surface area contributed by atoms with Crippen LogP contribution in [0.5, 0.6) is 11.5 Å². The monoisotopic (exact) mass is 375 g/mol. The van der Waals surface area contributed by atoms with E-state index in [1.165, 1.54) is 0 Å². The predicted molar refractivity (Wildman–Crippen MR) is 106 cm³/mol. The molecule has 7 nitrogen and oxygen atoms in total. The normalized spacial score (nSPS) is 16.2. The number of hydrogen-bond acceptors (Lipinski definition) is 5. The zero-order valence-electron chi connectivity index (χ0n) is 16.7. The van der Waals surface area contributed by atoms with E-state index >= 15 is 0 Å². The van der Waals surface area contributed by atoms with Crippen LogP contribution in [0.25, 0.3) is 0 Å². The van der Waals surface area contributed by atoms with Gasteiger partial charge in [0.2, 0.25) is 0 Å². The number of nitrogens with one attached hydrogen (secondary N) is 1. The second-order valence-electron chi connectivity index (χ2n) is 7.41. The molecule has 0 unspecified atom stereocenters. The average Bonchev–Trinajstić information content (AvgIpc) is 3.08. The van der Waals surface area contributed by atoms with Crippen LogP contribution in [-0.2, 0) is 4.84 Å². The average molecular weight is 375 g/mol. The number of ether oxygens (including phenoxy) is 2. The third-order valence-electron chi connectivity index (χ3n) is 3.99. The van der Waals surface area contributed by atoms with Crippen molar-refractivity contribution in [2.75, 3.05) is 27.3 Å². The van der Waals surface area contributed by atoms with Crippen molar-refractivity contribution in [3.05, 3.63) is 36.4 Å². The number of methoxy groups -OCH3 is 2. The van der Waals surface area contributed by atoms with E-state index in [9.17, 15) is 4.79 Å². The van der Waals surface area contributed by atoms with Crippen LogP contribution in [0.15, 0.2) is 36.0 Å². The first-order chi connectivity index (χ1) is 12.8. The molecular weight excluding hydrogens is 346 g/mol. The number of nitrogens with zero attached hydrogens (tertiary/aromatic N) is 2. The molecule has 7 heteroatoms. The molecule has 0 saturated heterocycles. The Morgan fingerprint density at radius 1 is 1.37 bits per heavy atom. The van der Waals surface area contributed by atoms with Crippen molar-refractivity contribution in [3.63, 3.8) is 0 Å². The first-order valence-electron chi connectivity index (χ1n) is 8.90.